The highest BCUT2D eigenvalue weighted by Gasteiger charge is 2.35. The van der Waals surface area contributed by atoms with Gasteiger partial charge in [-0.2, -0.15) is 0 Å². The Morgan fingerprint density at radius 1 is 1.19 bits per heavy atom. The maximum atomic E-state index is 11.1. The first kappa shape index (κ1) is 11.6. The van der Waals surface area contributed by atoms with Gasteiger partial charge in [-0.15, -0.1) is 0 Å². The maximum Gasteiger partial charge on any atom is 0.410 e. The summed E-state index contributed by atoms with van der Waals surface area (Å²) >= 11 is 0. The largest absolute Gasteiger partial charge is 0.589 e. The second kappa shape index (κ2) is 4.33. The lowest BCUT2D eigenvalue weighted by Crippen LogP contribution is -2.55. The van der Waals surface area contributed by atoms with Crippen molar-refractivity contribution in [1.29, 1.82) is 0 Å². The van der Waals surface area contributed by atoms with Gasteiger partial charge < -0.3 is 19.9 Å². The molecule has 1 heterocycles. The Morgan fingerprint density at radius 3 is 2.25 bits per heavy atom. The lowest BCUT2D eigenvalue weighted by molar-refractivity contribution is -0.877. The quantitative estimate of drug-likeness (QED) is 0.305. The number of rotatable bonds is 2. The number of ether oxygens (including phenoxy) is 2. The molecule has 1 aromatic heterocycles. The molecule has 0 aliphatic rings. The highest BCUT2D eigenvalue weighted by atomic mass is 16.6. The summed E-state index contributed by atoms with van der Waals surface area (Å²) in [4.78, 5) is 21.5. The zero-order valence-electron chi connectivity index (χ0n) is 8.24. The Hall–Kier alpha value is -2.52. The molecule has 1 aromatic rings. The number of carbonyl (C=O) groups is 2. The van der Waals surface area contributed by atoms with Crippen LogP contribution < -0.4 is 9.80 Å². The first-order chi connectivity index (χ1) is 7.51. The summed E-state index contributed by atoms with van der Waals surface area (Å²) in [5.74, 6) is -2.28. The van der Waals surface area contributed by atoms with Crippen LogP contribution in [0.3, 0.4) is 0 Å². The van der Waals surface area contributed by atoms with Crippen molar-refractivity contribution >= 4 is 11.9 Å². The second-order valence-electron chi connectivity index (χ2n) is 2.40. The third kappa shape index (κ3) is 1.94. The van der Waals surface area contributed by atoms with E-state index >= 15 is 0 Å². The molecule has 0 aliphatic carbocycles. The summed E-state index contributed by atoms with van der Waals surface area (Å²) in [5, 5.41) is 27.6. The van der Waals surface area contributed by atoms with Gasteiger partial charge in [-0.05, 0) is 0 Å². The number of esters is 2. The van der Waals surface area contributed by atoms with Crippen molar-refractivity contribution in [2.75, 3.05) is 14.2 Å². The summed E-state index contributed by atoms with van der Waals surface area (Å²) in [7, 11) is 1.98. The van der Waals surface area contributed by atoms with E-state index in [0.717, 1.165) is 14.2 Å². The van der Waals surface area contributed by atoms with Gasteiger partial charge >= 0.3 is 28.5 Å². The molecule has 86 valence electrons. The Morgan fingerprint density at radius 2 is 1.75 bits per heavy atom. The zero-order chi connectivity index (χ0) is 12.3. The van der Waals surface area contributed by atoms with Gasteiger partial charge in [-0.3, -0.25) is 0 Å². The van der Waals surface area contributed by atoms with E-state index in [1.54, 1.807) is 0 Å². The summed E-state index contributed by atoms with van der Waals surface area (Å²) in [5.41, 5.74) is -1.59. The Bertz CT molecular complexity index is 447. The summed E-state index contributed by atoms with van der Waals surface area (Å²) in [6, 6.07) is 0. The number of aromatic nitrogens is 4. The monoisotopic (exact) mass is 230 g/mol. The fourth-order valence-electron chi connectivity index (χ4n) is 0.863. The van der Waals surface area contributed by atoms with Gasteiger partial charge in [0.1, 0.15) is 4.96 Å². The van der Waals surface area contributed by atoms with Crippen LogP contribution >= 0.6 is 0 Å². The molecular formula is C6H6N4O6. The van der Waals surface area contributed by atoms with Crippen LogP contribution in [0.4, 0.5) is 0 Å². The van der Waals surface area contributed by atoms with Crippen molar-refractivity contribution in [3.63, 3.8) is 0 Å². The Balaban J connectivity index is 3.44. The summed E-state index contributed by atoms with van der Waals surface area (Å²) in [6.45, 7) is 0. The van der Waals surface area contributed by atoms with Gasteiger partial charge in [0.25, 0.3) is 0 Å². The molecule has 0 saturated heterocycles. The highest BCUT2D eigenvalue weighted by Crippen LogP contribution is 2.01. The van der Waals surface area contributed by atoms with Gasteiger partial charge in [-0.1, -0.05) is 0 Å². The standard InChI is InChI=1S/C6H6N4O6/c1-15-5(11)3-4(6(12)16-2)9(13)8-10(14)7-3/h1-2H3. The van der Waals surface area contributed by atoms with Gasteiger partial charge in [0.15, 0.2) is 0 Å². The molecule has 0 bridgehead atoms. The van der Waals surface area contributed by atoms with Crippen LogP contribution in [0.25, 0.3) is 0 Å². The predicted molar refractivity (Wildman–Crippen MR) is 42.6 cm³/mol. The van der Waals surface area contributed by atoms with Crippen LogP contribution in [-0.4, -0.2) is 36.5 Å². The molecule has 0 unspecified atom stereocenters. The minimum atomic E-state index is -1.16. The molecule has 0 amide bonds. The van der Waals surface area contributed by atoms with Crippen LogP contribution in [0, 0.1) is 10.4 Å². The van der Waals surface area contributed by atoms with E-state index in [4.69, 9.17) is 0 Å². The van der Waals surface area contributed by atoms with E-state index in [9.17, 15) is 20.0 Å². The molecular weight excluding hydrogens is 224 g/mol. The van der Waals surface area contributed by atoms with Gasteiger partial charge in [0.05, 0.1) is 19.3 Å². The number of methoxy groups -OCH3 is 2. The molecule has 10 nitrogen and oxygen atoms in total. The Kier molecular flexibility index (Phi) is 3.13. The van der Waals surface area contributed by atoms with Crippen molar-refractivity contribution < 1.29 is 28.9 Å². The first-order valence-electron chi connectivity index (χ1n) is 3.80. The number of hydrogen-bond acceptors (Lipinski definition) is 8. The van der Waals surface area contributed by atoms with E-state index in [1.807, 2.05) is 0 Å². The van der Waals surface area contributed by atoms with Crippen LogP contribution in [0.2, 0.25) is 0 Å². The van der Waals surface area contributed by atoms with E-state index in [2.05, 4.69) is 19.8 Å². The topological polar surface area (TPSA) is 132 Å². The fourth-order valence-corrected chi connectivity index (χ4v) is 0.863. The van der Waals surface area contributed by atoms with E-state index in [1.165, 1.54) is 0 Å². The van der Waals surface area contributed by atoms with Gasteiger partial charge in [0, 0.05) is 4.85 Å². The normalized spacial score (nSPS) is 9.62. The molecule has 0 atom stereocenters. The van der Waals surface area contributed by atoms with E-state index in [-0.39, 0.29) is 4.85 Å². The Labute approximate surface area is 88.1 Å². The third-order valence-corrected chi connectivity index (χ3v) is 1.52. The molecule has 0 N–H and O–H groups in total. The second-order valence-corrected chi connectivity index (χ2v) is 2.40. The molecule has 1 rings (SSSR count). The van der Waals surface area contributed by atoms with Crippen molar-refractivity contribution in [2.24, 2.45) is 0 Å². The molecule has 10 heteroatoms. The minimum Gasteiger partial charge on any atom is -0.589 e. The van der Waals surface area contributed by atoms with Gasteiger partial charge in [0.2, 0.25) is 0 Å². The lowest BCUT2D eigenvalue weighted by Gasteiger charge is -2.01. The SMILES string of the molecule is COC(=O)c1n[n+]([O-])n[n+]([O-])c1C(=O)OC. The molecule has 16 heavy (non-hydrogen) atoms. The van der Waals surface area contributed by atoms with Crippen LogP contribution in [0.15, 0.2) is 0 Å². The van der Waals surface area contributed by atoms with Crippen LogP contribution in [0.1, 0.15) is 21.0 Å². The smallest absolute Gasteiger partial charge is 0.410 e. The highest BCUT2D eigenvalue weighted by molar-refractivity contribution is 5.98. The van der Waals surface area contributed by atoms with Crippen molar-refractivity contribution in [2.45, 2.75) is 0 Å². The molecule has 0 aliphatic heterocycles. The van der Waals surface area contributed by atoms with E-state index in [0.29, 0.717) is 0 Å². The lowest BCUT2D eigenvalue weighted by atomic mass is 10.3. The van der Waals surface area contributed by atoms with Crippen molar-refractivity contribution in [1.82, 2.24) is 10.3 Å². The average Bonchev–Trinajstić information content (AvgIpc) is 2.26. The van der Waals surface area contributed by atoms with Crippen molar-refractivity contribution in [3.05, 3.63) is 21.8 Å². The van der Waals surface area contributed by atoms with Gasteiger partial charge in [-0.25, -0.2) is 9.59 Å². The third-order valence-electron chi connectivity index (χ3n) is 1.52. The molecule has 0 fully saturated rings. The average molecular weight is 230 g/mol. The predicted octanol–water partition coefficient (Wildman–Crippen LogP) is -2.68. The van der Waals surface area contributed by atoms with Crippen LogP contribution in [0.5, 0.6) is 0 Å². The number of nitrogens with zero attached hydrogens (tertiary/aromatic N) is 4. The van der Waals surface area contributed by atoms with Crippen LogP contribution in [-0.2, 0) is 9.47 Å². The maximum absolute atomic E-state index is 11.1. The number of carbonyl (C=O) groups excluding carboxylic acids is 2. The molecule has 0 spiro atoms. The summed E-state index contributed by atoms with van der Waals surface area (Å²) in [6.07, 6.45) is 0. The fraction of sp³-hybridized carbons (Fsp3) is 0.333. The first-order valence-corrected chi connectivity index (χ1v) is 3.80. The molecule has 0 aromatic carbocycles. The van der Waals surface area contributed by atoms with Crippen molar-refractivity contribution in [3.8, 4) is 0 Å². The molecule has 0 saturated carbocycles. The number of hydrogen-bond donors (Lipinski definition) is 0. The minimum absolute atomic E-state index is 0.363. The van der Waals surface area contributed by atoms with E-state index < -0.39 is 28.3 Å². The molecule has 0 radical (unpaired) electrons. The zero-order valence-corrected chi connectivity index (χ0v) is 8.24. The summed E-state index contributed by atoms with van der Waals surface area (Å²) < 4.78 is 8.47.